The summed E-state index contributed by atoms with van der Waals surface area (Å²) in [4.78, 5) is 17.1. The van der Waals surface area contributed by atoms with E-state index in [2.05, 4.69) is 4.52 Å². The molecule has 0 saturated carbocycles. The summed E-state index contributed by atoms with van der Waals surface area (Å²) in [5, 5.41) is 9.39. The van der Waals surface area contributed by atoms with Crippen LogP contribution < -0.4 is 5.73 Å². The Bertz CT molecular complexity index is 284. The van der Waals surface area contributed by atoms with E-state index < -0.39 is 38.5 Å². The Morgan fingerprint density at radius 1 is 1.56 bits per heavy atom. The molecule has 1 aliphatic rings. The van der Waals surface area contributed by atoms with Crippen LogP contribution >= 0.6 is 7.82 Å². The number of ether oxygens (including phenoxy) is 1. The normalized spacial score (nSPS) is 41.0. The molecule has 0 unspecified atom stereocenters. The Kier molecular flexibility index (Phi) is 4.42. The third-order valence-corrected chi connectivity index (χ3v) is 2.82. The standard InChI is InChI=1S/C7H15FNO6P/c1-2-3-6(10)4(8)5(9)7(14-3)15-16(11,12)13/h3-7,10H,2,9H2,1H3,(H2,11,12,13)/t3-,4-,5-,6-,7-/m1/s1. The monoisotopic (exact) mass is 259 g/mol. The summed E-state index contributed by atoms with van der Waals surface area (Å²) in [6, 6.07) is -1.44. The van der Waals surface area contributed by atoms with Gasteiger partial charge in [0.25, 0.3) is 0 Å². The van der Waals surface area contributed by atoms with E-state index in [-0.39, 0.29) is 6.42 Å². The molecule has 0 bridgehead atoms. The second kappa shape index (κ2) is 5.05. The highest BCUT2D eigenvalue weighted by Crippen LogP contribution is 2.40. The molecule has 0 aromatic heterocycles. The van der Waals surface area contributed by atoms with Gasteiger partial charge in [0.1, 0.15) is 12.3 Å². The first-order valence-corrected chi connectivity index (χ1v) is 6.26. The van der Waals surface area contributed by atoms with Crippen molar-refractivity contribution in [1.29, 1.82) is 0 Å². The average molecular weight is 259 g/mol. The highest BCUT2D eigenvalue weighted by molar-refractivity contribution is 7.46. The van der Waals surface area contributed by atoms with Crippen LogP contribution in [0, 0.1) is 0 Å². The zero-order chi connectivity index (χ0) is 12.5. The lowest BCUT2D eigenvalue weighted by atomic mass is 9.97. The van der Waals surface area contributed by atoms with Gasteiger partial charge in [0.2, 0.25) is 0 Å². The van der Waals surface area contributed by atoms with E-state index in [0.29, 0.717) is 0 Å². The number of hydrogen-bond acceptors (Lipinski definition) is 5. The molecule has 1 heterocycles. The van der Waals surface area contributed by atoms with Crippen molar-refractivity contribution in [3.8, 4) is 0 Å². The fraction of sp³-hybridized carbons (Fsp3) is 1.00. The first-order valence-electron chi connectivity index (χ1n) is 4.73. The molecule has 0 spiro atoms. The maximum Gasteiger partial charge on any atom is 0.471 e. The molecule has 0 aliphatic carbocycles. The van der Waals surface area contributed by atoms with Gasteiger partial charge in [-0.05, 0) is 6.42 Å². The lowest BCUT2D eigenvalue weighted by molar-refractivity contribution is -0.223. The molecule has 16 heavy (non-hydrogen) atoms. The topological polar surface area (TPSA) is 122 Å². The maximum atomic E-state index is 13.4. The van der Waals surface area contributed by atoms with Gasteiger partial charge in [-0.25, -0.2) is 8.96 Å². The third kappa shape index (κ3) is 3.21. The molecule has 0 aromatic rings. The Balaban J connectivity index is 2.75. The number of hydrogen-bond donors (Lipinski definition) is 4. The number of phosphoric ester groups is 1. The Morgan fingerprint density at radius 2 is 2.12 bits per heavy atom. The van der Waals surface area contributed by atoms with Crippen LogP contribution in [0.25, 0.3) is 0 Å². The molecule has 9 heteroatoms. The minimum Gasteiger partial charge on any atom is -0.387 e. The Morgan fingerprint density at radius 3 is 2.56 bits per heavy atom. The van der Waals surface area contributed by atoms with Gasteiger partial charge in [-0.3, -0.25) is 4.52 Å². The van der Waals surface area contributed by atoms with Gasteiger partial charge in [-0.15, -0.1) is 0 Å². The van der Waals surface area contributed by atoms with Crippen LogP contribution in [0.15, 0.2) is 0 Å². The van der Waals surface area contributed by atoms with E-state index in [0.717, 1.165) is 0 Å². The highest BCUT2D eigenvalue weighted by Gasteiger charge is 2.45. The minimum absolute atomic E-state index is 0.273. The van der Waals surface area contributed by atoms with Gasteiger partial charge in [0.15, 0.2) is 6.29 Å². The van der Waals surface area contributed by atoms with E-state index >= 15 is 0 Å². The van der Waals surface area contributed by atoms with Crippen molar-refractivity contribution in [1.82, 2.24) is 0 Å². The van der Waals surface area contributed by atoms with E-state index in [1.165, 1.54) is 0 Å². The SMILES string of the molecule is CC[C@H]1O[C@H](OP(=O)(O)O)[C@H](N)[C@@H](F)[C@@H]1O. The predicted molar refractivity (Wildman–Crippen MR) is 51.0 cm³/mol. The van der Waals surface area contributed by atoms with Crippen LogP contribution in [0.1, 0.15) is 13.3 Å². The number of alkyl halides is 1. The van der Waals surface area contributed by atoms with Crippen LogP contribution in [0.5, 0.6) is 0 Å². The summed E-state index contributed by atoms with van der Waals surface area (Å²) in [5.74, 6) is 0. The molecular weight excluding hydrogens is 244 g/mol. The molecule has 1 aliphatic heterocycles. The van der Waals surface area contributed by atoms with Crippen molar-refractivity contribution < 1.29 is 33.1 Å². The van der Waals surface area contributed by atoms with Gasteiger partial charge >= 0.3 is 7.82 Å². The van der Waals surface area contributed by atoms with Crippen LogP contribution in [0.2, 0.25) is 0 Å². The van der Waals surface area contributed by atoms with Crippen molar-refractivity contribution >= 4 is 7.82 Å². The Labute approximate surface area is 91.6 Å². The Hall–Kier alpha value is -0.0800. The summed E-state index contributed by atoms with van der Waals surface area (Å²) < 4.78 is 33.2. The summed E-state index contributed by atoms with van der Waals surface area (Å²) >= 11 is 0. The highest BCUT2D eigenvalue weighted by atomic mass is 31.2. The number of rotatable bonds is 3. The minimum atomic E-state index is -4.81. The maximum absolute atomic E-state index is 13.4. The molecule has 1 saturated heterocycles. The van der Waals surface area contributed by atoms with E-state index in [4.69, 9.17) is 20.3 Å². The van der Waals surface area contributed by atoms with Crippen molar-refractivity contribution in [2.24, 2.45) is 5.73 Å². The van der Waals surface area contributed by atoms with Crippen LogP contribution in [0.3, 0.4) is 0 Å². The largest absolute Gasteiger partial charge is 0.471 e. The van der Waals surface area contributed by atoms with E-state index in [1.807, 2.05) is 0 Å². The lowest BCUT2D eigenvalue weighted by Gasteiger charge is -2.39. The zero-order valence-electron chi connectivity index (χ0n) is 8.56. The number of phosphoric acid groups is 1. The fourth-order valence-corrected chi connectivity index (χ4v) is 1.96. The zero-order valence-corrected chi connectivity index (χ0v) is 9.46. The number of aliphatic hydroxyl groups is 1. The molecule has 96 valence electrons. The van der Waals surface area contributed by atoms with Crippen molar-refractivity contribution in [2.75, 3.05) is 0 Å². The van der Waals surface area contributed by atoms with Gasteiger partial charge < -0.3 is 25.4 Å². The van der Waals surface area contributed by atoms with Gasteiger partial charge in [-0.2, -0.15) is 0 Å². The molecule has 1 fully saturated rings. The molecule has 1 rings (SSSR count). The smallest absolute Gasteiger partial charge is 0.387 e. The van der Waals surface area contributed by atoms with E-state index in [1.54, 1.807) is 6.92 Å². The molecular formula is C7H15FNO6P. The van der Waals surface area contributed by atoms with Gasteiger partial charge in [-0.1, -0.05) is 6.92 Å². The second-order valence-corrected chi connectivity index (χ2v) is 4.75. The summed E-state index contributed by atoms with van der Waals surface area (Å²) in [7, 11) is -4.81. The molecule has 0 amide bonds. The number of nitrogens with two attached hydrogens (primary N) is 1. The van der Waals surface area contributed by atoms with Crippen molar-refractivity contribution in [2.45, 2.75) is 44.1 Å². The quantitative estimate of drug-likeness (QED) is 0.492. The van der Waals surface area contributed by atoms with Crippen LogP contribution in [0.4, 0.5) is 4.39 Å². The average Bonchev–Trinajstić information content (AvgIpc) is 2.17. The molecule has 5 N–H and O–H groups in total. The van der Waals surface area contributed by atoms with Gasteiger partial charge in [0.05, 0.1) is 12.1 Å². The van der Waals surface area contributed by atoms with Crippen molar-refractivity contribution in [3.05, 3.63) is 0 Å². The predicted octanol–water partition coefficient (Wildman–Crippen LogP) is -0.743. The number of aliphatic hydroxyl groups excluding tert-OH is 1. The first-order chi connectivity index (χ1) is 7.26. The molecule has 0 aromatic carbocycles. The van der Waals surface area contributed by atoms with Crippen molar-refractivity contribution in [3.63, 3.8) is 0 Å². The fourth-order valence-electron chi connectivity index (χ4n) is 1.49. The molecule has 7 nitrogen and oxygen atoms in total. The van der Waals surface area contributed by atoms with E-state index in [9.17, 15) is 14.1 Å². The van der Waals surface area contributed by atoms with Gasteiger partial charge in [0, 0.05) is 0 Å². The summed E-state index contributed by atoms with van der Waals surface area (Å²) in [5.41, 5.74) is 5.31. The summed E-state index contributed by atoms with van der Waals surface area (Å²) in [6.45, 7) is 1.63. The summed E-state index contributed by atoms with van der Waals surface area (Å²) in [6.07, 6.45) is -5.46. The third-order valence-electron chi connectivity index (χ3n) is 2.34. The van der Waals surface area contributed by atoms with Crippen LogP contribution in [-0.2, 0) is 13.8 Å². The number of halogens is 1. The van der Waals surface area contributed by atoms with Crippen LogP contribution in [-0.4, -0.2) is 45.6 Å². The first kappa shape index (κ1) is 14.0. The second-order valence-electron chi connectivity index (χ2n) is 3.56. The lowest BCUT2D eigenvalue weighted by Crippen LogP contribution is -2.59. The molecule has 5 atom stereocenters. The molecule has 0 radical (unpaired) electrons.